The average molecular weight is 325 g/mol. The molecule has 0 spiro atoms. The fourth-order valence-corrected chi connectivity index (χ4v) is 2.40. The van der Waals surface area contributed by atoms with Crippen LogP contribution in [0, 0.1) is 6.42 Å². The monoisotopic (exact) mass is 325 g/mol. The van der Waals surface area contributed by atoms with Gasteiger partial charge >= 0.3 is 0 Å². The van der Waals surface area contributed by atoms with Gasteiger partial charge in [0.2, 0.25) is 0 Å². The summed E-state index contributed by atoms with van der Waals surface area (Å²) in [5.41, 5.74) is 1.55. The normalized spacial score (nSPS) is 16.1. The van der Waals surface area contributed by atoms with E-state index in [2.05, 4.69) is 15.1 Å². The summed E-state index contributed by atoms with van der Waals surface area (Å²) in [7, 11) is 0. The molecule has 1 aliphatic rings. The molecule has 3 rings (SSSR count). The van der Waals surface area contributed by atoms with Crippen molar-refractivity contribution < 1.29 is 12.3 Å². The molecule has 0 aromatic carbocycles. The lowest BCUT2D eigenvalue weighted by atomic mass is 10.1. The van der Waals surface area contributed by atoms with Gasteiger partial charge in [-0.2, -0.15) is 5.10 Å². The van der Waals surface area contributed by atoms with E-state index in [1.807, 2.05) is 13.8 Å². The topological polar surface area (TPSA) is 69.9 Å². The Morgan fingerprint density at radius 3 is 3.17 bits per heavy atom. The van der Waals surface area contributed by atoms with Crippen molar-refractivity contribution in [1.82, 2.24) is 19.7 Å². The van der Waals surface area contributed by atoms with Gasteiger partial charge in [-0.1, -0.05) is 6.08 Å². The van der Waals surface area contributed by atoms with Crippen LogP contribution in [0.15, 0.2) is 48.3 Å². The molecule has 123 valence electrons. The summed E-state index contributed by atoms with van der Waals surface area (Å²) in [6.45, 7) is 1.72. The zero-order chi connectivity index (χ0) is 18.7. The van der Waals surface area contributed by atoms with Crippen molar-refractivity contribution in [1.29, 1.82) is 0 Å². The summed E-state index contributed by atoms with van der Waals surface area (Å²) in [5, 5.41) is 4.28. The average Bonchev–Trinajstić information content (AvgIpc) is 3.12. The van der Waals surface area contributed by atoms with Gasteiger partial charge in [0, 0.05) is 36.0 Å². The van der Waals surface area contributed by atoms with Crippen molar-refractivity contribution in [2.75, 3.05) is 0 Å². The quantitative estimate of drug-likeness (QED) is 0.763. The summed E-state index contributed by atoms with van der Waals surface area (Å²) < 4.78 is 24.2. The molecule has 0 atom stereocenters. The van der Waals surface area contributed by atoms with E-state index in [0.29, 0.717) is 29.7 Å². The summed E-state index contributed by atoms with van der Waals surface area (Å²) >= 11 is 0. The van der Waals surface area contributed by atoms with Crippen LogP contribution in [-0.4, -0.2) is 26.0 Å². The first kappa shape index (κ1) is 13.7. The number of nitrogens with zero attached hydrogens (tertiary/aromatic N) is 4. The van der Waals surface area contributed by atoms with Gasteiger partial charge in [0.25, 0.3) is 0 Å². The van der Waals surface area contributed by atoms with Crippen LogP contribution in [0.2, 0.25) is 0 Å². The minimum atomic E-state index is -2.23. The van der Waals surface area contributed by atoms with Crippen LogP contribution in [0.4, 0.5) is 0 Å². The second-order valence-corrected chi connectivity index (χ2v) is 5.52. The van der Waals surface area contributed by atoms with E-state index >= 15 is 0 Å². The number of rotatable bonds is 6. The van der Waals surface area contributed by atoms with Crippen molar-refractivity contribution in [3.63, 3.8) is 0 Å². The van der Waals surface area contributed by atoms with Crippen LogP contribution in [0.25, 0.3) is 11.4 Å². The minimum absolute atomic E-state index is 0.0786. The lowest BCUT2D eigenvalue weighted by Gasteiger charge is -2.15. The fraction of sp³-hybridized carbons (Fsp3) is 0.278. The molecule has 6 heteroatoms. The van der Waals surface area contributed by atoms with Gasteiger partial charge in [-0.05, 0) is 32.4 Å². The Bertz CT molecular complexity index is 872. The number of aldehydes is 1. The number of allylic oxidation sites excluding steroid dienone is 3. The summed E-state index contributed by atoms with van der Waals surface area (Å²) in [4.78, 5) is 19.4. The molecule has 2 heterocycles. The highest BCUT2D eigenvalue weighted by molar-refractivity contribution is 5.78. The molecule has 0 unspecified atom stereocenters. The predicted molar refractivity (Wildman–Crippen MR) is 89.6 cm³/mol. The van der Waals surface area contributed by atoms with E-state index in [0.717, 1.165) is 0 Å². The molecular formula is C18H19N4O2. The third-order valence-corrected chi connectivity index (χ3v) is 3.54. The summed E-state index contributed by atoms with van der Waals surface area (Å²) in [6, 6.07) is 1.85. The Morgan fingerprint density at radius 1 is 1.50 bits per heavy atom. The Kier molecular flexibility index (Phi) is 4.10. The van der Waals surface area contributed by atoms with Crippen LogP contribution in [0.3, 0.4) is 0 Å². The maximum absolute atomic E-state index is 11.2. The molecule has 24 heavy (non-hydrogen) atoms. The van der Waals surface area contributed by atoms with E-state index < -0.39 is 6.56 Å². The maximum Gasteiger partial charge on any atom is 0.150 e. The Balaban J connectivity index is 2.04. The van der Waals surface area contributed by atoms with E-state index in [1.165, 1.54) is 12.5 Å². The standard InChI is InChI=1S/C18H19N4O2/c1-13(2)22-16(7-8-21-22)18-15(9-19-12-20-18)11-24-17-6-4-3-5-14(17)10-23/h4-10,12-13H,3,11H2,1-2H3/i11D2. The molecule has 0 saturated heterocycles. The summed E-state index contributed by atoms with van der Waals surface area (Å²) in [6.07, 6.45) is 10.7. The van der Waals surface area contributed by atoms with Gasteiger partial charge < -0.3 is 4.74 Å². The van der Waals surface area contributed by atoms with Crippen molar-refractivity contribution in [3.05, 3.63) is 60.3 Å². The van der Waals surface area contributed by atoms with Crippen LogP contribution < -0.4 is 0 Å². The van der Waals surface area contributed by atoms with E-state index in [9.17, 15) is 4.79 Å². The van der Waals surface area contributed by atoms with Gasteiger partial charge in [-0.25, -0.2) is 9.97 Å². The predicted octanol–water partition coefficient (Wildman–Crippen LogP) is 3.05. The maximum atomic E-state index is 11.2. The van der Waals surface area contributed by atoms with Gasteiger partial charge in [0.15, 0.2) is 0 Å². The lowest BCUT2D eigenvalue weighted by molar-refractivity contribution is -0.105. The first-order valence-corrected chi connectivity index (χ1v) is 7.66. The number of hydrogen-bond acceptors (Lipinski definition) is 5. The van der Waals surface area contributed by atoms with Gasteiger partial charge in [0.1, 0.15) is 24.9 Å². The highest BCUT2D eigenvalue weighted by atomic mass is 16.5. The van der Waals surface area contributed by atoms with E-state index in [4.69, 9.17) is 7.48 Å². The van der Waals surface area contributed by atoms with Gasteiger partial charge in [-0.15, -0.1) is 0 Å². The van der Waals surface area contributed by atoms with Crippen LogP contribution in [0.5, 0.6) is 0 Å². The number of ether oxygens (including phenoxy) is 1. The zero-order valence-corrected chi connectivity index (χ0v) is 13.5. The number of hydrogen-bond donors (Lipinski definition) is 0. The highest BCUT2D eigenvalue weighted by Crippen LogP contribution is 2.25. The molecule has 0 fully saturated rings. The second-order valence-electron chi connectivity index (χ2n) is 5.52. The third kappa shape index (κ3) is 3.27. The molecule has 2 aromatic rings. The molecular weight excluding hydrogens is 304 g/mol. The van der Waals surface area contributed by atoms with Crippen LogP contribution in [0.1, 0.15) is 34.6 Å². The first-order valence-electron chi connectivity index (χ1n) is 8.66. The zero-order valence-electron chi connectivity index (χ0n) is 15.5. The van der Waals surface area contributed by atoms with Crippen molar-refractivity contribution in [2.24, 2.45) is 0 Å². The van der Waals surface area contributed by atoms with Crippen LogP contribution in [-0.2, 0) is 16.1 Å². The Hall–Kier alpha value is -2.76. The SMILES string of the molecule is [2H]C([2H])(OC1=C(C=O)[CH]CC=C1)c1cncnc1-c1ccnn1C(C)C. The first-order chi connectivity index (χ1) is 12.4. The Morgan fingerprint density at radius 2 is 2.38 bits per heavy atom. The number of carbonyl (C=O) groups is 1. The number of carbonyl (C=O) groups excluding carboxylic acids is 1. The molecule has 0 saturated carbocycles. The number of aromatic nitrogens is 4. The smallest absolute Gasteiger partial charge is 0.150 e. The molecule has 0 amide bonds. The van der Waals surface area contributed by atoms with E-state index in [-0.39, 0.29) is 17.4 Å². The molecule has 0 aliphatic heterocycles. The molecule has 6 nitrogen and oxygen atoms in total. The molecule has 1 radical (unpaired) electrons. The largest absolute Gasteiger partial charge is 0.488 e. The van der Waals surface area contributed by atoms with Gasteiger partial charge in [-0.3, -0.25) is 9.48 Å². The lowest BCUT2D eigenvalue weighted by Crippen LogP contribution is -2.08. The molecule has 0 bridgehead atoms. The fourth-order valence-electron chi connectivity index (χ4n) is 2.40. The minimum Gasteiger partial charge on any atom is -0.488 e. The van der Waals surface area contributed by atoms with Crippen molar-refractivity contribution >= 4 is 6.29 Å². The Labute approximate surface area is 143 Å². The van der Waals surface area contributed by atoms with Crippen molar-refractivity contribution in [3.8, 4) is 11.4 Å². The van der Waals surface area contributed by atoms with E-state index in [1.54, 1.807) is 35.5 Å². The highest BCUT2D eigenvalue weighted by Gasteiger charge is 2.15. The van der Waals surface area contributed by atoms with Crippen molar-refractivity contribution in [2.45, 2.75) is 32.9 Å². The third-order valence-electron chi connectivity index (χ3n) is 3.54. The van der Waals surface area contributed by atoms with Gasteiger partial charge in [0.05, 0.1) is 14.1 Å². The second kappa shape index (κ2) is 7.21. The van der Waals surface area contributed by atoms with Crippen LogP contribution >= 0.6 is 0 Å². The molecule has 2 aromatic heterocycles. The molecule has 0 N–H and O–H groups in total. The molecule has 1 aliphatic carbocycles. The summed E-state index contributed by atoms with van der Waals surface area (Å²) in [5.74, 6) is 0.184.